The smallest absolute Gasteiger partial charge is 0.322 e. The number of esters is 1. The summed E-state index contributed by atoms with van der Waals surface area (Å²) >= 11 is 1.65. The molecule has 1 saturated heterocycles. The summed E-state index contributed by atoms with van der Waals surface area (Å²) in [5.74, 6) is -0.0810. The molecule has 13 heteroatoms. The molecule has 0 aliphatic carbocycles. The summed E-state index contributed by atoms with van der Waals surface area (Å²) in [6.07, 6.45) is 21.8. The van der Waals surface area contributed by atoms with E-state index in [0.717, 1.165) is 114 Å². The van der Waals surface area contributed by atoms with Crippen LogP contribution in [-0.2, 0) is 38.1 Å². The van der Waals surface area contributed by atoms with E-state index < -0.39 is 49.4 Å². The Morgan fingerprint density at radius 3 is 1.43 bits per heavy atom. The Hall–Kier alpha value is -1.22. The van der Waals surface area contributed by atoms with E-state index in [1.807, 2.05) is 25.1 Å². The fourth-order valence-corrected chi connectivity index (χ4v) is 10.5. The maximum absolute atomic E-state index is 12.8. The van der Waals surface area contributed by atoms with Crippen LogP contribution in [0.25, 0.3) is 0 Å². The second kappa shape index (κ2) is 28.3. The van der Waals surface area contributed by atoms with Gasteiger partial charge in [0.2, 0.25) is 0 Å². The van der Waals surface area contributed by atoms with Gasteiger partial charge in [0.1, 0.15) is 23.1 Å². The summed E-state index contributed by atoms with van der Waals surface area (Å²) in [7, 11) is -7.76. The molecule has 326 valence electrons. The monoisotopic (exact) mass is 848 g/mol. The van der Waals surface area contributed by atoms with Gasteiger partial charge in [-0.25, -0.2) is 0 Å². The predicted molar refractivity (Wildman–Crippen MR) is 228 cm³/mol. The van der Waals surface area contributed by atoms with Gasteiger partial charge in [-0.2, -0.15) is 16.8 Å². The SMILES string of the molecule is CCCCCCCCCCCC[C@@H](O)[C@@H](CC[C@H](OS(C)(=O)=O)[C@@H](O)CCCCCCCCCCCCC1(Sc2ccccc2)C[C@H](C)OC1=O)OS(C)(=O)=O. The van der Waals surface area contributed by atoms with Crippen molar-refractivity contribution in [2.24, 2.45) is 0 Å². The molecular weight excluding hydrogens is 773 g/mol. The zero-order chi connectivity index (χ0) is 41.3. The van der Waals surface area contributed by atoms with Crippen molar-refractivity contribution >= 4 is 38.0 Å². The normalized spacial score (nSPS) is 19.8. The molecule has 0 saturated carbocycles. The third kappa shape index (κ3) is 23.4. The topological polar surface area (TPSA) is 154 Å². The van der Waals surface area contributed by atoms with Crippen LogP contribution in [0.15, 0.2) is 35.2 Å². The average Bonchev–Trinajstić information content (AvgIpc) is 3.41. The number of carbonyl (C=O) groups excluding carboxylic acids is 1. The van der Waals surface area contributed by atoms with Crippen LogP contribution in [-0.4, -0.2) is 80.8 Å². The Balaban J connectivity index is 1.66. The Bertz CT molecular complexity index is 1390. The number of aliphatic hydroxyl groups excluding tert-OH is 2. The quantitative estimate of drug-likeness (QED) is 0.0381. The van der Waals surface area contributed by atoms with Gasteiger partial charge < -0.3 is 14.9 Å². The molecule has 2 rings (SSSR count). The molecule has 0 amide bonds. The highest BCUT2D eigenvalue weighted by atomic mass is 32.2. The first-order valence-corrected chi connectivity index (χ1v) is 26.2. The van der Waals surface area contributed by atoms with Crippen molar-refractivity contribution in [3.05, 3.63) is 30.3 Å². The number of ether oxygens (including phenoxy) is 1. The standard InChI is InChI=1S/C43H76O10S3/c1-5-6-7-8-9-10-13-16-19-25-30-38(44)40(52-55(3,47)48)32-33-41(53-56(4,49)50)39(45)31-26-20-17-14-11-12-15-18-21-27-34-43(35-36(2)51-42(43)46)54-37-28-23-22-24-29-37/h22-24,28-29,36,38-41,44-45H,5-21,25-27,30-35H2,1-4H3/t36-,38+,39-,40+,41-,43?/m0/s1. The highest BCUT2D eigenvalue weighted by Crippen LogP contribution is 2.46. The fourth-order valence-electron chi connectivity index (χ4n) is 7.71. The van der Waals surface area contributed by atoms with Crippen molar-refractivity contribution in [3.63, 3.8) is 0 Å². The summed E-state index contributed by atoms with van der Waals surface area (Å²) in [6.45, 7) is 4.18. The molecule has 0 aromatic heterocycles. The van der Waals surface area contributed by atoms with E-state index in [-0.39, 0.29) is 24.9 Å². The number of unbranched alkanes of at least 4 members (excludes halogenated alkanes) is 18. The van der Waals surface area contributed by atoms with Crippen LogP contribution < -0.4 is 0 Å². The first-order valence-electron chi connectivity index (χ1n) is 21.7. The van der Waals surface area contributed by atoms with Gasteiger partial charge in [0, 0.05) is 11.3 Å². The first kappa shape index (κ1) is 50.9. The minimum Gasteiger partial charge on any atom is -0.462 e. The molecule has 1 fully saturated rings. The average molecular weight is 849 g/mol. The molecule has 0 radical (unpaired) electrons. The van der Waals surface area contributed by atoms with Crippen LogP contribution in [0, 0.1) is 0 Å². The molecule has 56 heavy (non-hydrogen) atoms. The summed E-state index contributed by atoms with van der Waals surface area (Å²) < 4.78 is 63.8. The third-order valence-electron chi connectivity index (χ3n) is 10.7. The Morgan fingerprint density at radius 2 is 1.05 bits per heavy atom. The predicted octanol–water partition coefficient (Wildman–Crippen LogP) is 10.0. The molecule has 1 heterocycles. The molecule has 1 aliphatic rings. The van der Waals surface area contributed by atoms with Crippen molar-refractivity contribution in [2.45, 2.75) is 221 Å². The lowest BCUT2D eigenvalue weighted by Gasteiger charge is -2.26. The van der Waals surface area contributed by atoms with E-state index in [4.69, 9.17) is 13.1 Å². The molecular formula is C43H76O10S3. The van der Waals surface area contributed by atoms with E-state index in [0.29, 0.717) is 19.3 Å². The second-order valence-electron chi connectivity index (χ2n) is 16.3. The van der Waals surface area contributed by atoms with Crippen molar-refractivity contribution in [1.82, 2.24) is 0 Å². The highest BCUT2D eigenvalue weighted by Gasteiger charge is 2.48. The summed E-state index contributed by atoms with van der Waals surface area (Å²) in [5.41, 5.74) is 0. The lowest BCUT2D eigenvalue weighted by Crippen LogP contribution is -2.36. The number of thioether (sulfide) groups is 1. The van der Waals surface area contributed by atoms with Crippen LogP contribution in [0.3, 0.4) is 0 Å². The molecule has 0 spiro atoms. The number of cyclic esters (lactones) is 1. The van der Waals surface area contributed by atoms with E-state index in [9.17, 15) is 31.8 Å². The lowest BCUT2D eigenvalue weighted by atomic mass is 9.96. The Morgan fingerprint density at radius 1 is 0.661 bits per heavy atom. The van der Waals surface area contributed by atoms with Gasteiger partial charge in [-0.15, -0.1) is 11.8 Å². The van der Waals surface area contributed by atoms with E-state index in [1.165, 1.54) is 38.5 Å². The van der Waals surface area contributed by atoms with Crippen LogP contribution in [0.5, 0.6) is 0 Å². The third-order valence-corrected chi connectivity index (χ3v) is 13.4. The van der Waals surface area contributed by atoms with Crippen LogP contribution in [0.4, 0.5) is 0 Å². The number of carbonyl (C=O) groups is 1. The molecule has 2 N–H and O–H groups in total. The maximum atomic E-state index is 12.8. The second-order valence-corrected chi connectivity index (χ2v) is 20.9. The van der Waals surface area contributed by atoms with Crippen molar-refractivity contribution in [1.29, 1.82) is 0 Å². The van der Waals surface area contributed by atoms with Crippen molar-refractivity contribution < 1.29 is 44.9 Å². The zero-order valence-corrected chi connectivity index (χ0v) is 37.5. The largest absolute Gasteiger partial charge is 0.462 e. The molecule has 0 bridgehead atoms. The Kier molecular flexibility index (Phi) is 25.7. The number of hydrogen-bond donors (Lipinski definition) is 2. The number of benzene rings is 1. The van der Waals surface area contributed by atoms with Crippen molar-refractivity contribution in [2.75, 3.05) is 12.5 Å². The van der Waals surface area contributed by atoms with Crippen LogP contribution in [0.2, 0.25) is 0 Å². The van der Waals surface area contributed by atoms with E-state index >= 15 is 0 Å². The minimum atomic E-state index is -3.89. The molecule has 1 aliphatic heterocycles. The van der Waals surface area contributed by atoms with Gasteiger partial charge in [0.25, 0.3) is 20.2 Å². The van der Waals surface area contributed by atoms with Gasteiger partial charge in [-0.3, -0.25) is 13.2 Å². The minimum absolute atomic E-state index is 0.0274. The number of aliphatic hydroxyl groups is 2. The van der Waals surface area contributed by atoms with Crippen LogP contribution in [0.1, 0.15) is 181 Å². The van der Waals surface area contributed by atoms with E-state index in [2.05, 4.69) is 19.1 Å². The summed E-state index contributed by atoms with van der Waals surface area (Å²) in [5, 5.41) is 21.8. The van der Waals surface area contributed by atoms with Crippen molar-refractivity contribution in [3.8, 4) is 0 Å². The van der Waals surface area contributed by atoms with Crippen LogP contribution >= 0.6 is 11.8 Å². The maximum Gasteiger partial charge on any atom is 0.322 e. The lowest BCUT2D eigenvalue weighted by molar-refractivity contribution is -0.142. The summed E-state index contributed by atoms with van der Waals surface area (Å²) in [4.78, 5) is 13.9. The zero-order valence-electron chi connectivity index (χ0n) is 35.0. The van der Waals surface area contributed by atoms with Gasteiger partial charge in [-0.1, -0.05) is 154 Å². The summed E-state index contributed by atoms with van der Waals surface area (Å²) in [6, 6.07) is 10.1. The fraction of sp³-hybridized carbons (Fsp3) is 0.837. The van der Waals surface area contributed by atoms with Gasteiger partial charge >= 0.3 is 5.97 Å². The molecule has 6 atom stereocenters. The highest BCUT2D eigenvalue weighted by molar-refractivity contribution is 8.01. The Labute approximate surface area is 345 Å². The van der Waals surface area contributed by atoms with Gasteiger partial charge in [-0.05, 0) is 51.2 Å². The van der Waals surface area contributed by atoms with E-state index in [1.54, 1.807) is 11.8 Å². The molecule has 1 aromatic carbocycles. The van der Waals surface area contributed by atoms with Gasteiger partial charge in [0.05, 0.1) is 24.7 Å². The first-order chi connectivity index (χ1) is 26.6. The molecule has 1 unspecified atom stereocenters. The molecule has 10 nitrogen and oxygen atoms in total. The number of rotatable bonds is 35. The number of hydrogen-bond acceptors (Lipinski definition) is 11. The van der Waals surface area contributed by atoms with Gasteiger partial charge in [0.15, 0.2) is 0 Å². The molecule has 1 aromatic rings.